The molecule has 1 aromatic carbocycles. The van der Waals surface area contributed by atoms with Crippen LogP contribution in [0, 0.1) is 0 Å². The fraction of sp³-hybridized carbons (Fsp3) is 0.429. The number of hydrogen-bond acceptors (Lipinski definition) is 4. The first kappa shape index (κ1) is 16.3. The molecule has 0 aliphatic heterocycles. The Morgan fingerprint density at radius 1 is 1.45 bits per heavy atom. The van der Waals surface area contributed by atoms with E-state index < -0.39 is 12.1 Å². The van der Waals surface area contributed by atoms with Gasteiger partial charge in [-0.3, -0.25) is 4.79 Å². The molecule has 20 heavy (non-hydrogen) atoms. The van der Waals surface area contributed by atoms with Crippen molar-refractivity contribution < 1.29 is 14.3 Å². The second-order valence-corrected chi connectivity index (χ2v) is 4.84. The molecule has 0 saturated heterocycles. The van der Waals surface area contributed by atoms with Gasteiger partial charge in [0.25, 0.3) is 5.91 Å². The van der Waals surface area contributed by atoms with Gasteiger partial charge in [-0.25, -0.2) is 4.79 Å². The van der Waals surface area contributed by atoms with Gasteiger partial charge >= 0.3 is 5.97 Å². The van der Waals surface area contributed by atoms with E-state index >= 15 is 0 Å². The maximum absolute atomic E-state index is 11.9. The van der Waals surface area contributed by atoms with Crippen molar-refractivity contribution in [2.75, 3.05) is 12.3 Å². The lowest BCUT2D eigenvalue weighted by molar-refractivity contribution is -0.129. The average Bonchev–Trinajstić information content (AvgIpc) is 2.38. The minimum Gasteiger partial charge on any atom is -0.449 e. The van der Waals surface area contributed by atoms with Gasteiger partial charge in [0.1, 0.15) is 0 Å². The van der Waals surface area contributed by atoms with Gasteiger partial charge in [-0.2, -0.15) is 0 Å². The van der Waals surface area contributed by atoms with Gasteiger partial charge in [0, 0.05) is 12.2 Å². The number of carbonyl (C=O) groups is 2. The number of anilines is 1. The van der Waals surface area contributed by atoms with Crippen LogP contribution in [-0.4, -0.2) is 24.5 Å². The Hall–Kier alpha value is -1.75. The SMILES string of the molecule is CCCCNC(=O)C(C)OC(=O)c1ccc(N)cc1Cl. The molecule has 1 rings (SSSR count). The van der Waals surface area contributed by atoms with Crippen LogP contribution in [0.3, 0.4) is 0 Å². The van der Waals surface area contributed by atoms with E-state index in [-0.39, 0.29) is 16.5 Å². The van der Waals surface area contributed by atoms with Crippen molar-refractivity contribution in [2.45, 2.75) is 32.8 Å². The molecule has 0 fully saturated rings. The van der Waals surface area contributed by atoms with Gasteiger partial charge in [-0.15, -0.1) is 0 Å². The Balaban J connectivity index is 2.58. The summed E-state index contributed by atoms with van der Waals surface area (Å²) in [6.45, 7) is 4.11. The molecular weight excluding hydrogens is 280 g/mol. The first-order valence-corrected chi connectivity index (χ1v) is 6.87. The van der Waals surface area contributed by atoms with Crippen molar-refractivity contribution in [3.63, 3.8) is 0 Å². The van der Waals surface area contributed by atoms with E-state index in [2.05, 4.69) is 5.32 Å². The fourth-order valence-electron chi connectivity index (χ4n) is 1.51. The molecule has 0 heterocycles. The van der Waals surface area contributed by atoms with Crippen LogP contribution in [0.5, 0.6) is 0 Å². The summed E-state index contributed by atoms with van der Waals surface area (Å²) in [5.41, 5.74) is 6.19. The quantitative estimate of drug-likeness (QED) is 0.480. The number of ether oxygens (including phenoxy) is 1. The van der Waals surface area contributed by atoms with Gasteiger partial charge in [-0.05, 0) is 31.5 Å². The van der Waals surface area contributed by atoms with Crippen molar-refractivity contribution >= 4 is 29.2 Å². The minimum atomic E-state index is -0.868. The van der Waals surface area contributed by atoms with Gasteiger partial charge in [0.05, 0.1) is 10.6 Å². The monoisotopic (exact) mass is 298 g/mol. The van der Waals surface area contributed by atoms with Gasteiger partial charge < -0.3 is 15.8 Å². The second kappa shape index (κ2) is 7.75. The summed E-state index contributed by atoms with van der Waals surface area (Å²) in [7, 11) is 0. The van der Waals surface area contributed by atoms with E-state index in [1.54, 1.807) is 6.07 Å². The van der Waals surface area contributed by atoms with Crippen LogP contribution in [0.25, 0.3) is 0 Å². The minimum absolute atomic E-state index is 0.189. The van der Waals surface area contributed by atoms with Crippen molar-refractivity contribution in [3.05, 3.63) is 28.8 Å². The summed E-state index contributed by atoms with van der Waals surface area (Å²) in [6.07, 6.45) is 0.999. The second-order valence-electron chi connectivity index (χ2n) is 4.43. The highest BCUT2D eigenvalue weighted by atomic mass is 35.5. The summed E-state index contributed by atoms with van der Waals surface area (Å²) >= 11 is 5.91. The van der Waals surface area contributed by atoms with Gasteiger partial charge in [0.15, 0.2) is 6.10 Å². The molecule has 6 heteroatoms. The predicted molar refractivity (Wildman–Crippen MR) is 78.7 cm³/mol. The number of benzene rings is 1. The lowest BCUT2D eigenvalue weighted by atomic mass is 10.2. The lowest BCUT2D eigenvalue weighted by Crippen LogP contribution is -2.36. The largest absolute Gasteiger partial charge is 0.449 e. The highest BCUT2D eigenvalue weighted by molar-refractivity contribution is 6.33. The summed E-state index contributed by atoms with van der Waals surface area (Å²) in [6, 6.07) is 4.49. The smallest absolute Gasteiger partial charge is 0.340 e. The zero-order valence-corrected chi connectivity index (χ0v) is 12.4. The standard InChI is InChI=1S/C14H19ClN2O3/c1-3-4-7-17-13(18)9(2)20-14(19)11-6-5-10(16)8-12(11)15/h5-6,8-9H,3-4,7,16H2,1-2H3,(H,17,18). The molecule has 1 amide bonds. The van der Waals surface area contributed by atoms with Crippen molar-refractivity contribution in [1.82, 2.24) is 5.32 Å². The van der Waals surface area contributed by atoms with Crippen LogP contribution < -0.4 is 11.1 Å². The van der Waals surface area contributed by atoms with E-state index in [4.69, 9.17) is 22.1 Å². The third kappa shape index (κ3) is 4.74. The average molecular weight is 299 g/mol. The normalized spacial score (nSPS) is 11.8. The highest BCUT2D eigenvalue weighted by Crippen LogP contribution is 2.20. The number of nitrogens with one attached hydrogen (secondary N) is 1. The number of carbonyl (C=O) groups excluding carboxylic acids is 2. The molecule has 0 aliphatic carbocycles. The number of halogens is 1. The van der Waals surface area contributed by atoms with E-state index in [0.717, 1.165) is 12.8 Å². The van der Waals surface area contributed by atoms with E-state index in [1.165, 1.54) is 19.1 Å². The van der Waals surface area contributed by atoms with E-state index in [1.807, 2.05) is 6.92 Å². The maximum Gasteiger partial charge on any atom is 0.340 e. The number of rotatable bonds is 6. The van der Waals surface area contributed by atoms with Crippen LogP contribution in [0.4, 0.5) is 5.69 Å². The third-order valence-electron chi connectivity index (χ3n) is 2.70. The lowest BCUT2D eigenvalue weighted by Gasteiger charge is -2.14. The molecule has 0 aliphatic rings. The predicted octanol–water partition coefficient (Wildman–Crippen LogP) is 2.38. The zero-order chi connectivity index (χ0) is 15.1. The maximum atomic E-state index is 11.9. The Bertz CT molecular complexity index is 491. The van der Waals surface area contributed by atoms with Crippen LogP contribution >= 0.6 is 11.6 Å². The van der Waals surface area contributed by atoms with Crippen LogP contribution in [0.1, 0.15) is 37.0 Å². The molecule has 110 valence electrons. The molecular formula is C14H19ClN2O3. The Labute approximate surface area is 123 Å². The molecule has 1 unspecified atom stereocenters. The number of amides is 1. The zero-order valence-electron chi connectivity index (χ0n) is 11.6. The molecule has 5 nitrogen and oxygen atoms in total. The Morgan fingerprint density at radius 3 is 2.75 bits per heavy atom. The molecule has 0 aromatic heterocycles. The highest BCUT2D eigenvalue weighted by Gasteiger charge is 2.20. The van der Waals surface area contributed by atoms with E-state index in [0.29, 0.717) is 12.2 Å². The summed E-state index contributed by atoms with van der Waals surface area (Å²) < 4.78 is 5.07. The van der Waals surface area contributed by atoms with Gasteiger partial charge in [-0.1, -0.05) is 24.9 Å². The van der Waals surface area contributed by atoms with Crippen molar-refractivity contribution in [1.29, 1.82) is 0 Å². The van der Waals surface area contributed by atoms with E-state index in [9.17, 15) is 9.59 Å². The number of hydrogen-bond donors (Lipinski definition) is 2. The number of esters is 1. The summed E-state index contributed by atoms with van der Waals surface area (Å²) in [4.78, 5) is 23.6. The van der Waals surface area contributed by atoms with Crippen molar-refractivity contribution in [3.8, 4) is 0 Å². The van der Waals surface area contributed by atoms with Crippen molar-refractivity contribution in [2.24, 2.45) is 0 Å². The Kier molecular flexibility index (Phi) is 6.31. The first-order valence-electron chi connectivity index (χ1n) is 6.49. The molecule has 0 spiro atoms. The molecule has 1 aromatic rings. The van der Waals surface area contributed by atoms with Crippen LogP contribution in [0.2, 0.25) is 5.02 Å². The number of unbranched alkanes of at least 4 members (excludes halogenated alkanes) is 1. The summed E-state index contributed by atoms with van der Waals surface area (Å²) in [5.74, 6) is -0.966. The van der Waals surface area contributed by atoms with Crippen LogP contribution in [-0.2, 0) is 9.53 Å². The molecule has 0 bridgehead atoms. The number of nitrogens with two attached hydrogens (primary N) is 1. The topological polar surface area (TPSA) is 81.4 Å². The Morgan fingerprint density at radius 2 is 2.15 bits per heavy atom. The summed E-state index contributed by atoms with van der Waals surface area (Å²) in [5, 5.41) is 2.90. The third-order valence-corrected chi connectivity index (χ3v) is 3.01. The molecule has 0 saturated carbocycles. The van der Waals surface area contributed by atoms with Crippen LogP contribution in [0.15, 0.2) is 18.2 Å². The fourth-order valence-corrected chi connectivity index (χ4v) is 1.77. The number of nitrogen functional groups attached to an aromatic ring is 1. The molecule has 0 radical (unpaired) electrons. The first-order chi connectivity index (χ1) is 9.45. The molecule has 1 atom stereocenters. The molecule has 3 N–H and O–H groups in total. The van der Waals surface area contributed by atoms with Gasteiger partial charge in [0.2, 0.25) is 0 Å².